The first-order valence-corrected chi connectivity index (χ1v) is 14.3. The fourth-order valence-electron chi connectivity index (χ4n) is 5.38. The predicted molar refractivity (Wildman–Crippen MR) is 159 cm³/mol. The average Bonchev–Trinajstić information content (AvgIpc) is 2.94. The van der Waals surface area contributed by atoms with Crippen LogP contribution in [-0.2, 0) is 14.3 Å². The Labute approximate surface area is 248 Å². The van der Waals surface area contributed by atoms with Gasteiger partial charge in [0.2, 0.25) is 11.8 Å². The molecule has 4 amide bonds. The summed E-state index contributed by atoms with van der Waals surface area (Å²) in [7, 11) is 0. The first-order chi connectivity index (χ1) is 20.4. The zero-order chi connectivity index (χ0) is 30.9. The number of ether oxygens (including phenoxy) is 1. The van der Waals surface area contributed by atoms with Crippen molar-refractivity contribution >= 4 is 46.2 Å². The van der Waals surface area contributed by atoms with Gasteiger partial charge in [0.25, 0.3) is 11.5 Å². The molecule has 1 atom stereocenters. The van der Waals surface area contributed by atoms with Gasteiger partial charge in [0.05, 0.1) is 11.1 Å². The van der Waals surface area contributed by atoms with Crippen molar-refractivity contribution in [3.05, 3.63) is 58.3 Å². The summed E-state index contributed by atoms with van der Waals surface area (Å²) >= 11 is 0. The number of para-hydroxylation sites is 1. The van der Waals surface area contributed by atoms with Gasteiger partial charge in [-0.15, -0.1) is 0 Å². The van der Waals surface area contributed by atoms with Crippen LogP contribution in [0.1, 0.15) is 68.7 Å². The molecule has 0 aliphatic carbocycles. The fourth-order valence-corrected chi connectivity index (χ4v) is 5.38. The minimum atomic E-state index is -0.839. The van der Waals surface area contributed by atoms with E-state index in [1.165, 1.54) is 4.57 Å². The van der Waals surface area contributed by atoms with E-state index in [4.69, 9.17) is 4.74 Å². The van der Waals surface area contributed by atoms with E-state index >= 15 is 0 Å². The van der Waals surface area contributed by atoms with Crippen LogP contribution < -0.4 is 26.4 Å². The third-order valence-electron chi connectivity index (χ3n) is 7.42. The number of nitrogens with zero attached hydrogens (tertiary/aromatic N) is 4. The van der Waals surface area contributed by atoms with E-state index in [-0.39, 0.29) is 30.2 Å². The van der Waals surface area contributed by atoms with Crippen molar-refractivity contribution in [1.29, 1.82) is 0 Å². The maximum Gasteiger partial charge on any atom is 0.407 e. The van der Waals surface area contributed by atoms with Gasteiger partial charge in [0.15, 0.2) is 0 Å². The maximum absolute atomic E-state index is 13.4. The van der Waals surface area contributed by atoms with Crippen molar-refractivity contribution in [2.75, 3.05) is 23.3 Å². The Balaban J connectivity index is 1.29. The number of benzene rings is 1. The summed E-state index contributed by atoms with van der Waals surface area (Å²) in [6.07, 6.45) is 2.88. The molecule has 13 nitrogen and oxygen atoms in total. The molecule has 1 aromatic carbocycles. The summed E-state index contributed by atoms with van der Waals surface area (Å²) in [6.45, 7) is 8.37. The van der Waals surface area contributed by atoms with Gasteiger partial charge in [-0.2, -0.15) is 0 Å². The first kappa shape index (κ1) is 29.7. The molecule has 0 bridgehead atoms. The normalized spacial score (nSPS) is 17.9. The smallest absolute Gasteiger partial charge is 0.407 e. The van der Waals surface area contributed by atoms with Crippen LogP contribution in [0.5, 0.6) is 0 Å². The molecule has 2 saturated heterocycles. The second kappa shape index (κ2) is 11.8. The number of hydrogen-bond acceptors (Lipinski definition) is 9. The van der Waals surface area contributed by atoms with Crippen LogP contribution in [-0.4, -0.2) is 63.1 Å². The number of imide groups is 1. The number of piperidine rings is 2. The lowest BCUT2D eigenvalue weighted by Crippen LogP contribution is -2.46. The number of nitrogens with one attached hydrogen (secondary N) is 3. The number of carbonyl (C=O) groups excluding carboxylic acids is 4. The van der Waals surface area contributed by atoms with E-state index in [1.807, 2.05) is 20.8 Å². The highest BCUT2D eigenvalue weighted by molar-refractivity contribution is 6.08. The van der Waals surface area contributed by atoms with E-state index in [1.54, 1.807) is 43.5 Å². The van der Waals surface area contributed by atoms with E-state index in [2.05, 4.69) is 30.8 Å². The van der Waals surface area contributed by atoms with Gasteiger partial charge in [-0.3, -0.25) is 29.1 Å². The molecule has 2 aliphatic rings. The molecule has 3 aromatic rings. The van der Waals surface area contributed by atoms with E-state index in [0.29, 0.717) is 54.3 Å². The Morgan fingerprint density at radius 1 is 1.07 bits per heavy atom. The van der Waals surface area contributed by atoms with Crippen molar-refractivity contribution in [2.45, 2.75) is 71.1 Å². The summed E-state index contributed by atoms with van der Waals surface area (Å²) in [4.78, 5) is 74.0. The zero-order valence-corrected chi connectivity index (χ0v) is 24.6. The molecule has 2 fully saturated rings. The van der Waals surface area contributed by atoms with Crippen molar-refractivity contribution in [2.24, 2.45) is 0 Å². The molecule has 226 valence electrons. The largest absolute Gasteiger partial charge is 0.444 e. The van der Waals surface area contributed by atoms with Crippen molar-refractivity contribution in [1.82, 2.24) is 25.2 Å². The highest BCUT2D eigenvalue weighted by atomic mass is 16.6. The second-order valence-electron chi connectivity index (χ2n) is 11.8. The fraction of sp³-hybridized carbons (Fsp3) is 0.433. The number of fused-ring (bicyclic) bond motifs is 1. The number of aryl methyl sites for hydroxylation is 1. The number of alkyl carbamates (subject to hydrolysis) is 1. The summed E-state index contributed by atoms with van der Waals surface area (Å²) in [5.74, 6) is -0.369. The quantitative estimate of drug-likeness (QED) is 0.380. The molecule has 2 aromatic heterocycles. The Morgan fingerprint density at radius 3 is 2.51 bits per heavy atom. The molecule has 2 aliphatic heterocycles. The second-order valence-corrected chi connectivity index (χ2v) is 11.8. The highest BCUT2D eigenvalue weighted by Crippen LogP contribution is 2.25. The average molecular weight is 590 g/mol. The minimum Gasteiger partial charge on any atom is -0.444 e. The Hall–Kier alpha value is -4.81. The lowest BCUT2D eigenvalue weighted by Gasteiger charge is -2.33. The van der Waals surface area contributed by atoms with Crippen LogP contribution in [0.2, 0.25) is 0 Å². The van der Waals surface area contributed by atoms with Crippen molar-refractivity contribution in [3.8, 4) is 0 Å². The molecular formula is C30H35N7O6. The van der Waals surface area contributed by atoms with Gasteiger partial charge < -0.3 is 20.3 Å². The molecule has 43 heavy (non-hydrogen) atoms. The molecule has 0 radical (unpaired) electrons. The van der Waals surface area contributed by atoms with Gasteiger partial charge in [0.1, 0.15) is 28.8 Å². The summed E-state index contributed by atoms with van der Waals surface area (Å²) in [5, 5.41) is 8.30. The third-order valence-corrected chi connectivity index (χ3v) is 7.42. The molecule has 5 rings (SSSR count). The molecule has 4 heterocycles. The lowest BCUT2D eigenvalue weighted by atomic mass is 10.0. The van der Waals surface area contributed by atoms with Crippen LogP contribution in [0.4, 0.5) is 16.3 Å². The number of carbonyl (C=O) groups is 4. The van der Waals surface area contributed by atoms with Gasteiger partial charge >= 0.3 is 6.09 Å². The summed E-state index contributed by atoms with van der Waals surface area (Å²) in [6, 6.07) is 7.35. The van der Waals surface area contributed by atoms with E-state index < -0.39 is 35.1 Å². The molecule has 1 unspecified atom stereocenters. The third kappa shape index (κ3) is 6.65. The zero-order valence-electron chi connectivity index (χ0n) is 24.6. The molecule has 13 heteroatoms. The summed E-state index contributed by atoms with van der Waals surface area (Å²) < 4.78 is 6.66. The molecule has 0 spiro atoms. The van der Waals surface area contributed by atoms with Gasteiger partial charge in [-0.05, 0) is 71.2 Å². The topological polar surface area (TPSA) is 165 Å². The van der Waals surface area contributed by atoms with Crippen LogP contribution in [0, 0.1) is 6.92 Å². The number of rotatable bonds is 5. The number of amides is 4. The van der Waals surface area contributed by atoms with Crippen LogP contribution in [0.3, 0.4) is 0 Å². The minimum absolute atomic E-state index is 0.0144. The van der Waals surface area contributed by atoms with Crippen LogP contribution in [0.25, 0.3) is 10.9 Å². The van der Waals surface area contributed by atoms with Crippen LogP contribution >= 0.6 is 0 Å². The lowest BCUT2D eigenvalue weighted by molar-refractivity contribution is -0.135. The van der Waals surface area contributed by atoms with E-state index in [9.17, 15) is 24.0 Å². The van der Waals surface area contributed by atoms with E-state index in [0.717, 1.165) is 0 Å². The van der Waals surface area contributed by atoms with Crippen molar-refractivity contribution < 1.29 is 23.9 Å². The van der Waals surface area contributed by atoms with Crippen molar-refractivity contribution in [3.63, 3.8) is 0 Å². The number of anilines is 2. The summed E-state index contributed by atoms with van der Waals surface area (Å²) in [5.41, 5.74) is 0.0423. The Bertz CT molecular complexity index is 1650. The Kier molecular flexibility index (Phi) is 8.16. The number of hydrogen-bond donors (Lipinski definition) is 3. The SMILES string of the molecule is Cc1nc2c(NC(=O)c3ccnc(N4CCC(NC(=O)OC(C)(C)C)CC4)c3)cccc2c(=O)n1C1CCC(=O)NC1=O. The molecule has 0 saturated carbocycles. The Morgan fingerprint density at radius 2 is 1.81 bits per heavy atom. The monoisotopic (exact) mass is 589 g/mol. The van der Waals surface area contributed by atoms with Gasteiger partial charge in [0, 0.05) is 37.3 Å². The number of pyridine rings is 1. The standard InChI is InChI=1S/C30H35N7O6/c1-17-32-25-20(28(41)37(17)22-8-9-24(38)35-27(22)40)6-5-7-21(25)34-26(39)18-10-13-31-23(16-18)36-14-11-19(12-15-36)33-29(42)43-30(2,3)4/h5-7,10,13,16,19,22H,8-9,11-12,14-15H2,1-4H3,(H,33,42)(H,34,39)(H,35,38,40). The maximum atomic E-state index is 13.4. The first-order valence-electron chi connectivity index (χ1n) is 14.3. The van der Waals surface area contributed by atoms with Gasteiger partial charge in [-0.1, -0.05) is 6.07 Å². The number of aromatic nitrogens is 3. The van der Waals surface area contributed by atoms with Crippen LogP contribution in [0.15, 0.2) is 41.3 Å². The highest BCUT2D eigenvalue weighted by Gasteiger charge is 2.31. The predicted octanol–water partition coefficient (Wildman–Crippen LogP) is 2.82. The molecular weight excluding hydrogens is 554 g/mol. The van der Waals surface area contributed by atoms with Gasteiger partial charge in [-0.25, -0.2) is 14.8 Å². The molecule has 3 N–H and O–H groups in total.